The zero-order chi connectivity index (χ0) is 10.8. The van der Waals surface area contributed by atoms with Gasteiger partial charge in [0.2, 0.25) is 5.89 Å². The van der Waals surface area contributed by atoms with Crippen LogP contribution in [-0.4, -0.2) is 23.2 Å². The van der Waals surface area contributed by atoms with E-state index >= 15 is 0 Å². The normalized spacial score (nSPS) is 10.5. The van der Waals surface area contributed by atoms with Gasteiger partial charge in [-0.05, 0) is 12.1 Å². The van der Waals surface area contributed by atoms with Crippen molar-refractivity contribution in [3.05, 3.63) is 24.1 Å². The molecule has 0 unspecified atom stereocenters. The van der Waals surface area contributed by atoms with E-state index < -0.39 is 5.97 Å². The number of ether oxygens (including phenoxy) is 1. The number of fused-ring (bicyclic) bond motifs is 1. The molecule has 1 N–H and O–H groups in total. The second-order valence-electron chi connectivity index (χ2n) is 3.01. The van der Waals surface area contributed by atoms with Crippen molar-refractivity contribution in [1.82, 2.24) is 4.98 Å². The Balaban J connectivity index is 2.42. The molecule has 1 aromatic heterocycles. The second kappa shape index (κ2) is 3.61. The molecule has 0 saturated heterocycles. The van der Waals surface area contributed by atoms with E-state index in [0.717, 1.165) is 0 Å². The highest BCUT2D eigenvalue weighted by Crippen LogP contribution is 2.21. The molecule has 5 heteroatoms. The van der Waals surface area contributed by atoms with Gasteiger partial charge in [0.15, 0.2) is 5.58 Å². The van der Waals surface area contributed by atoms with E-state index in [0.29, 0.717) is 16.8 Å². The number of hydrogen-bond donors (Lipinski definition) is 1. The Morgan fingerprint density at radius 2 is 2.40 bits per heavy atom. The third-order valence-electron chi connectivity index (χ3n) is 1.94. The van der Waals surface area contributed by atoms with Crippen molar-refractivity contribution in [2.75, 3.05) is 7.11 Å². The largest absolute Gasteiger partial charge is 0.497 e. The van der Waals surface area contributed by atoms with E-state index in [2.05, 4.69) is 4.98 Å². The Hall–Kier alpha value is -2.04. The van der Waals surface area contributed by atoms with Crippen molar-refractivity contribution >= 4 is 17.1 Å². The summed E-state index contributed by atoms with van der Waals surface area (Å²) in [4.78, 5) is 14.5. The fourth-order valence-corrected chi connectivity index (χ4v) is 1.28. The molecule has 2 aromatic rings. The molecule has 0 bridgehead atoms. The summed E-state index contributed by atoms with van der Waals surface area (Å²) in [5.74, 6) is -0.111. The number of methoxy groups -OCH3 is 1. The molecule has 0 saturated carbocycles. The first-order valence-corrected chi connectivity index (χ1v) is 4.34. The van der Waals surface area contributed by atoms with Gasteiger partial charge in [0.25, 0.3) is 0 Å². The summed E-state index contributed by atoms with van der Waals surface area (Å²) in [5, 5.41) is 8.57. The SMILES string of the molecule is COc1ccc2nc(CC(=O)O)oc2c1. The minimum absolute atomic E-state index is 0.200. The molecule has 0 radical (unpaired) electrons. The third-order valence-corrected chi connectivity index (χ3v) is 1.94. The van der Waals surface area contributed by atoms with Crippen LogP contribution in [-0.2, 0) is 11.2 Å². The number of benzene rings is 1. The molecule has 0 aliphatic carbocycles. The zero-order valence-corrected chi connectivity index (χ0v) is 8.06. The van der Waals surface area contributed by atoms with Crippen LogP contribution in [0, 0.1) is 0 Å². The van der Waals surface area contributed by atoms with Crippen molar-refractivity contribution in [1.29, 1.82) is 0 Å². The number of carboxylic acids is 1. The monoisotopic (exact) mass is 207 g/mol. The molecule has 78 valence electrons. The molecule has 2 rings (SSSR count). The van der Waals surface area contributed by atoms with Crippen LogP contribution >= 0.6 is 0 Å². The van der Waals surface area contributed by atoms with E-state index in [-0.39, 0.29) is 12.3 Å². The molecule has 1 heterocycles. The molecule has 1 aromatic carbocycles. The lowest BCUT2D eigenvalue weighted by Crippen LogP contribution is -1.99. The fraction of sp³-hybridized carbons (Fsp3) is 0.200. The van der Waals surface area contributed by atoms with Crippen LogP contribution in [0.3, 0.4) is 0 Å². The quantitative estimate of drug-likeness (QED) is 0.824. The van der Waals surface area contributed by atoms with E-state index in [1.54, 1.807) is 25.3 Å². The van der Waals surface area contributed by atoms with Crippen molar-refractivity contribution < 1.29 is 19.1 Å². The predicted octanol–water partition coefficient (Wildman–Crippen LogP) is 1.46. The van der Waals surface area contributed by atoms with Gasteiger partial charge in [0.05, 0.1) is 7.11 Å². The van der Waals surface area contributed by atoms with Gasteiger partial charge in [-0.2, -0.15) is 0 Å². The molecule has 0 amide bonds. The third kappa shape index (κ3) is 1.90. The van der Waals surface area contributed by atoms with Crippen LogP contribution in [0.5, 0.6) is 5.75 Å². The van der Waals surface area contributed by atoms with Gasteiger partial charge in [-0.3, -0.25) is 4.79 Å². The number of carboxylic acid groups (broad SMARTS) is 1. The highest BCUT2D eigenvalue weighted by molar-refractivity contribution is 5.76. The van der Waals surface area contributed by atoms with E-state index in [4.69, 9.17) is 14.3 Å². The maximum absolute atomic E-state index is 10.4. The number of nitrogens with zero attached hydrogens (tertiary/aromatic N) is 1. The summed E-state index contributed by atoms with van der Waals surface area (Å²) in [6.07, 6.45) is -0.211. The molecule has 0 spiro atoms. The first-order chi connectivity index (χ1) is 7.19. The second-order valence-corrected chi connectivity index (χ2v) is 3.01. The lowest BCUT2D eigenvalue weighted by atomic mass is 10.3. The Bertz CT molecular complexity index is 503. The average molecular weight is 207 g/mol. The number of aliphatic carboxylic acids is 1. The van der Waals surface area contributed by atoms with Gasteiger partial charge >= 0.3 is 5.97 Å². The van der Waals surface area contributed by atoms with E-state index in [9.17, 15) is 4.79 Å². The zero-order valence-electron chi connectivity index (χ0n) is 8.06. The van der Waals surface area contributed by atoms with Crippen LogP contribution in [0.1, 0.15) is 5.89 Å². The number of oxazole rings is 1. The summed E-state index contributed by atoms with van der Waals surface area (Å²) in [6.45, 7) is 0. The smallest absolute Gasteiger partial charge is 0.312 e. The first kappa shape index (κ1) is 9.51. The number of rotatable bonds is 3. The van der Waals surface area contributed by atoms with Gasteiger partial charge < -0.3 is 14.3 Å². The van der Waals surface area contributed by atoms with Gasteiger partial charge in [-0.15, -0.1) is 0 Å². The number of carbonyl (C=O) groups is 1. The maximum Gasteiger partial charge on any atom is 0.312 e. The van der Waals surface area contributed by atoms with Crippen LogP contribution < -0.4 is 4.74 Å². The fourth-order valence-electron chi connectivity index (χ4n) is 1.28. The van der Waals surface area contributed by atoms with Crippen LogP contribution in [0.15, 0.2) is 22.6 Å². The van der Waals surface area contributed by atoms with Crippen molar-refractivity contribution in [3.63, 3.8) is 0 Å². The summed E-state index contributed by atoms with van der Waals surface area (Å²) in [5.41, 5.74) is 1.16. The standard InChI is InChI=1S/C10H9NO4/c1-14-6-2-3-7-8(4-6)15-9(11-7)5-10(12)13/h2-4H,5H2,1H3,(H,12,13). The Labute approximate surface area is 85.3 Å². The van der Waals surface area contributed by atoms with E-state index in [1.807, 2.05) is 0 Å². The van der Waals surface area contributed by atoms with Gasteiger partial charge in [-0.1, -0.05) is 0 Å². The summed E-state index contributed by atoms with van der Waals surface area (Å²) in [6, 6.07) is 5.14. The van der Waals surface area contributed by atoms with Crippen LogP contribution in [0.2, 0.25) is 0 Å². The molecule has 0 atom stereocenters. The van der Waals surface area contributed by atoms with Gasteiger partial charge in [-0.25, -0.2) is 4.98 Å². The lowest BCUT2D eigenvalue weighted by molar-refractivity contribution is -0.136. The molecular formula is C10H9NO4. The van der Waals surface area contributed by atoms with Gasteiger partial charge in [0.1, 0.15) is 17.7 Å². The maximum atomic E-state index is 10.4. The average Bonchev–Trinajstić information content (AvgIpc) is 2.57. The molecule has 0 aliphatic rings. The van der Waals surface area contributed by atoms with Crippen LogP contribution in [0.25, 0.3) is 11.1 Å². The summed E-state index contributed by atoms with van der Waals surface area (Å²) >= 11 is 0. The minimum Gasteiger partial charge on any atom is -0.497 e. The first-order valence-electron chi connectivity index (χ1n) is 4.34. The Morgan fingerprint density at radius 3 is 3.07 bits per heavy atom. The molecule has 0 fully saturated rings. The molecule has 0 aliphatic heterocycles. The highest BCUT2D eigenvalue weighted by atomic mass is 16.5. The summed E-state index contributed by atoms with van der Waals surface area (Å²) in [7, 11) is 1.55. The lowest BCUT2D eigenvalue weighted by Gasteiger charge is -1.95. The van der Waals surface area contributed by atoms with Gasteiger partial charge in [0, 0.05) is 6.07 Å². The number of aromatic nitrogens is 1. The highest BCUT2D eigenvalue weighted by Gasteiger charge is 2.09. The van der Waals surface area contributed by atoms with Crippen molar-refractivity contribution in [2.24, 2.45) is 0 Å². The predicted molar refractivity (Wildman–Crippen MR) is 51.9 cm³/mol. The molecular weight excluding hydrogens is 198 g/mol. The Morgan fingerprint density at radius 1 is 1.60 bits per heavy atom. The summed E-state index contributed by atoms with van der Waals surface area (Å²) < 4.78 is 10.3. The number of hydrogen-bond acceptors (Lipinski definition) is 4. The van der Waals surface area contributed by atoms with Crippen LogP contribution in [0.4, 0.5) is 0 Å². The topological polar surface area (TPSA) is 72.6 Å². The minimum atomic E-state index is -0.964. The Kier molecular flexibility index (Phi) is 2.29. The van der Waals surface area contributed by atoms with E-state index in [1.165, 1.54) is 0 Å². The molecule has 5 nitrogen and oxygen atoms in total. The molecule has 15 heavy (non-hydrogen) atoms. The van der Waals surface area contributed by atoms with Crippen molar-refractivity contribution in [2.45, 2.75) is 6.42 Å². The van der Waals surface area contributed by atoms with Crippen molar-refractivity contribution in [3.8, 4) is 5.75 Å².